The molecule has 1 saturated carbocycles. The van der Waals surface area contributed by atoms with Crippen LogP contribution in [0, 0.1) is 6.92 Å². The molecule has 26 heavy (non-hydrogen) atoms. The maximum Gasteiger partial charge on any atom is 0.319 e. The molecule has 0 aliphatic heterocycles. The molecule has 0 saturated heterocycles. The van der Waals surface area contributed by atoms with Crippen LogP contribution in [0.1, 0.15) is 23.6 Å². The number of carbonyl (C=O) groups is 1. The molecular weight excluding hydrogens is 322 g/mol. The normalized spacial score (nSPS) is 18.2. The fourth-order valence-corrected chi connectivity index (χ4v) is 3.23. The predicted octanol–water partition coefficient (Wildman–Crippen LogP) is 4.73. The van der Waals surface area contributed by atoms with E-state index in [1.807, 2.05) is 67.7 Å². The van der Waals surface area contributed by atoms with Gasteiger partial charge in [-0.05, 0) is 54.3 Å². The number of pyridine rings is 1. The van der Waals surface area contributed by atoms with Crippen LogP contribution in [0.5, 0.6) is 0 Å². The van der Waals surface area contributed by atoms with E-state index in [-0.39, 0.29) is 12.1 Å². The van der Waals surface area contributed by atoms with E-state index >= 15 is 0 Å². The predicted molar refractivity (Wildman–Crippen MR) is 104 cm³/mol. The summed E-state index contributed by atoms with van der Waals surface area (Å²) in [5.41, 5.74) is 5.29. The Labute approximate surface area is 153 Å². The van der Waals surface area contributed by atoms with E-state index in [2.05, 4.69) is 27.8 Å². The third-order valence-corrected chi connectivity index (χ3v) is 4.71. The first kappa shape index (κ1) is 16.3. The van der Waals surface area contributed by atoms with Gasteiger partial charge in [-0.2, -0.15) is 0 Å². The fraction of sp³-hybridized carbons (Fsp3) is 0.182. The molecular formula is C22H21N3O. The zero-order valence-corrected chi connectivity index (χ0v) is 14.6. The van der Waals surface area contributed by atoms with Gasteiger partial charge in [0.2, 0.25) is 0 Å². The number of nitrogens with one attached hydrogen (secondary N) is 2. The van der Waals surface area contributed by atoms with Crippen LogP contribution >= 0.6 is 0 Å². The average molecular weight is 343 g/mol. The Kier molecular flexibility index (Phi) is 4.40. The molecule has 1 aliphatic rings. The summed E-state index contributed by atoms with van der Waals surface area (Å²) in [6, 6.07) is 22.3. The molecule has 2 aromatic carbocycles. The van der Waals surface area contributed by atoms with Crippen molar-refractivity contribution in [3.8, 4) is 11.1 Å². The number of aromatic nitrogens is 1. The third kappa shape index (κ3) is 3.75. The van der Waals surface area contributed by atoms with Crippen molar-refractivity contribution in [2.24, 2.45) is 0 Å². The second-order valence-corrected chi connectivity index (χ2v) is 6.72. The maximum atomic E-state index is 12.2. The van der Waals surface area contributed by atoms with Gasteiger partial charge in [-0.25, -0.2) is 4.79 Å². The van der Waals surface area contributed by atoms with Gasteiger partial charge in [0, 0.05) is 29.5 Å². The summed E-state index contributed by atoms with van der Waals surface area (Å²) in [6.07, 6.45) is 2.81. The van der Waals surface area contributed by atoms with E-state index in [9.17, 15) is 4.79 Å². The van der Waals surface area contributed by atoms with Crippen molar-refractivity contribution in [2.75, 3.05) is 5.32 Å². The standard InChI is InChI=1S/C22H21N3O/c1-15-13-18(11-12-23-15)16-7-9-19(10-8-16)24-22(26)25-21-14-20(21)17-5-3-2-4-6-17/h2-13,20-21H,14H2,1H3,(H2,24,25,26). The molecule has 2 N–H and O–H groups in total. The molecule has 4 rings (SSSR count). The number of hydrogen-bond donors (Lipinski definition) is 2. The Morgan fingerprint density at radius 2 is 1.77 bits per heavy atom. The monoisotopic (exact) mass is 343 g/mol. The molecule has 2 atom stereocenters. The largest absolute Gasteiger partial charge is 0.334 e. The first-order valence-electron chi connectivity index (χ1n) is 8.84. The van der Waals surface area contributed by atoms with Crippen LogP contribution < -0.4 is 10.6 Å². The van der Waals surface area contributed by atoms with Crippen molar-refractivity contribution >= 4 is 11.7 Å². The molecule has 2 amide bonds. The summed E-state index contributed by atoms with van der Waals surface area (Å²) < 4.78 is 0. The quantitative estimate of drug-likeness (QED) is 0.719. The molecule has 1 fully saturated rings. The van der Waals surface area contributed by atoms with Crippen LogP contribution in [0.25, 0.3) is 11.1 Å². The van der Waals surface area contributed by atoms with Gasteiger partial charge in [0.1, 0.15) is 0 Å². The zero-order valence-electron chi connectivity index (χ0n) is 14.6. The van der Waals surface area contributed by atoms with Gasteiger partial charge in [-0.1, -0.05) is 42.5 Å². The number of benzene rings is 2. The smallest absolute Gasteiger partial charge is 0.319 e. The van der Waals surface area contributed by atoms with Crippen molar-refractivity contribution in [1.82, 2.24) is 10.3 Å². The third-order valence-electron chi connectivity index (χ3n) is 4.71. The van der Waals surface area contributed by atoms with Gasteiger partial charge >= 0.3 is 6.03 Å². The lowest BCUT2D eigenvalue weighted by atomic mass is 10.1. The molecule has 3 aromatic rings. The van der Waals surface area contributed by atoms with Crippen LogP contribution in [0.4, 0.5) is 10.5 Å². The molecule has 0 spiro atoms. The molecule has 1 heterocycles. The van der Waals surface area contributed by atoms with Gasteiger partial charge in [-0.15, -0.1) is 0 Å². The lowest BCUT2D eigenvalue weighted by Crippen LogP contribution is -2.31. The van der Waals surface area contributed by atoms with E-state index < -0.39 is 0 Å². The van der Waals surface area contributed by atoms with E-state index in [4.69, 9.17) is 0 Å². The van der Waals surface area contributed by atoms with Crippen molar-refractivity contribution in [3.63, 3.8) is 0 Å². The van der Waals surface area contributed by atoms with E-state index in [1.165, 1.54) is 5.56 Å². The van der Waals surface area contributed by atoms with Crippen molar-refractivity contribution in [2.45, 2.75) is 25.3 Å². The van der Waals surface area contributed by atoms with Crippen LogP contribution in [0.3, 0.4) is 0 Å². The lowest BCUT2D eigenvalue weighted by Gasteiger charge is -2.09. The highest BCUT2D eigenvalue weighted by molar-refractivity contribution is 5.90. The van der Waals surface area contributed by atoms with Crippen molar-refractivity contribution < 1.29 is 4.79 Å². The molecule has 4 heteroatoms. The van der Waals surface area contributed by atoms with Crippen molar-refractivity contribution in [1.29, 1.82) is 0 Å². The number of nitrogens with zero attached hydrogens (tertiary/aromatic N) is 1. The van der Waals surface area contributed by atoms with Gasteiger partial charge < -0.3 is 10.6 Å². The Balaban J connectivity index is 1.34. The fourth-order valence-electron chi connectivity index (χ4n) is 3.23. The van der Waals surface area contributed by atoms with E-state index in [0.29, 0.717) is 5.92 Å². The highest BCUT2D eigenvalue weighted by atomic mass is 16.2. The number of hydrogen-bond acceptors (Lipinski definition) is 2. The average Bonchev–Trinajstić information content (AvgIpc) is 3.42. The van der Waals surface area contributed by atoms with Gasteiger partial charge in [0.25, 0.3) is 0 Å². The highest BCUT2D eigenvalue weighted by Gasteiger charge is 2.39. The second kappa shape index (κ2) is 7.00. The summed E-state index contributed by atoms with van der Waals surface area (Å²) in [7, 11) is 0. The van der Waals surface area contributed by atoms with Gasteiger partial charge in [-0.3, -0.25) is 4.98 Å². The van der Waals surface area contributed by atoms with E-state index in [0.717, 1.165) is 28.9 Å². The van der Waals surface area contributed by atoms with E-state index in [1.54, 1.807) is 0 Å². The van der Waals surface area contributed by atoms with Gasteiger partial charge in [0.05, 0.1) is 0 Å². The molecule has 1 aromatic heterocycles. The maximum absolute atomic E-state index is 12.2. The lowest BCUT2D eigenvalue weighted by molar-refractivity contribution is 0.251. The molecule has 4 nitrogen and oxygen atoms in total. The Morgan fingerprint density at radius 1 is 1.00 bits per heavy atom. The number of rotatable bonds is 4. The van der Waals surface area contributed by atoms with Crippen LogP contribution in [0.15, 0.2) is 72.9 Å². The van der Waals surface area contributed by atoms with Crippen molar-refractivity contribution in [3.05, 3.63) is 84.2 Å². The minimum absolute atomic E-state index is 0.152. The molecule has 0 bridgehead atoms. The molecule has 1 aliphatic carbocycles. The number of amides is 2. The summed E-state index contributed by atoms with van der Waals surface area (Å²) in [5.74, 6) is 0.430. The van der Waals surface area contributed by atoms with Gasteiger partial charge in [0.15, 0.2) is 0 Å². The summed E-state index contributed by atoms with van der Waals surface area (Å²) in [5, 5.41) is 5.96. The molecule has 130 valence electrons. The Bertz CT molecular complexity index is 906. The van der Waals surface area contributed by atoms with Crippen LogP contribution in [-0.2, 0) is 0 Å². The summed E-state index contributed by atoms with van der Waals surface area (Å²) in [4.78, 5) is 16.4. The summed E-state index contributed by atoms with van der Waals surface area (Å²) in [6.45, 7) is 1.98. The Hall–Kier alpha value is -3.14. The topological polar surface area (TPSA) is 54.0 Å². The first-order chi connectivity index (χ1) is 12.7. The minimum Gasteiger partial charge on any atom is -0.334 e. The SMILES string of the molecule is Cc1cc(-c2ccc(NC(=O)NC3CC3c3ccccc3)cc2)ccn1. The minimum atomic E-state index is -0.152. The number of anilines is 1. The number of aryl methyl sites for hydroxylation is 1. The number of carbonyl (C=O) groups excluding carboxylic acids is 1. The zero-order chi connectivity index (χ0) is 17.9. The number of urea groups is 1. The van der Waals surface area contributed by atoms with Crippen LogP contribution in [0.2, 0.25) is 0 Å². The summed E-state index contributed by atoms with van der Waals surface area (Å²) >= 11 is 0. The van der Waals surface area contributed by atoms with Crippen LogP contribution in [-0.4, -0.2) is 17.1 Å². The highest BCUT2D eigenvalue weighted by Crippen LogP contribution is 2.40. The second-order valence-electron chi connectivity index (χ2n) is 6.72. The Morgan fingerprint density at radius 3 is 2.50 bits per heavy atom. The molecule has 0 radical (unpaired) electrons. The molecule has 2 unspecified atom stereocenters. The first-order valence-corrected chi connectivity index (χ1v) is 8.84.